The summed E-state index contributed by atoms with van der Waals surface area (Å²) < 4.78 is 10.4. The molecular weight excluding hydrogens is 228 g/mol. The van der Waals surface area contributed by atoms with E-state index in [-0.39, 0.29) is 11.7 Å². The highest BCUT2D eigenvalue weighted by atomic mass is 16.5. The van der Waals surface area contributed by atoms with Crippen molar-refractivity contribution >= 4 is 5.78 Å². The molecule has 2 aromatic rings. The molecule has 0 aliphatic carbocycles. The largest absolute Gasteiger partial charge is 0.497 e. The molecule has 0 bridgehead atoms. The molecule has 1 heterocycles. The molecule has 0 N–H and O–H groups in total. The van der Waals surface area contributed by atoms with Crippen LogP contribution in [0.4, 0.5) is 0 Å². The second kappa shape index (κ2) is 5.08. The topological polar surface area (TPSA) is 39.4 Å². The Hall–Kier alpha value is -2.03. The summed E-state index contributed by atoms with van der Waals surface area (Å²) in [4.78, 5) is 11.8. The SMILES string of the molecule is COc1ccc(-c2coc(C(=O)C(C)C)c2)cc1. The van der Waals surface area contributed by atoms with Crippen LogP contribution in [0.25, 0.3) is 11.1 Å². The van der Waals surface area contributed by atoms with E-state index in [1.807, 2.05) is 38.1 Å². The van der Waals surface area contributed by atoms with Crippen molar-refractivity contribution in [2.24, 2.45) is 5.92 Å². The van der Waals surface area contributed by atoms with Crippen LogP contribution in [-0.2, 0) is 0 Å². The van der Waals surface area contributed by atoms with Crippen LogP contribution in [0.3, 0.4) is 0 Å². The molecule has 0 aliphatic heterocycles. The molecule has 0 aliphatic rings. The number of carbonyl (C=O) groups excluding carboxylic acids is 1. The third-order valence-electron chi connectivity index (χ3n) is 2.79. The van der Waals surface area contributed by atoms with Gasteiger partial charge in [0.25, 0.3) is 0 Å². The summed E-state index contributed by atoms with van der Waals surface area (Å²) in [6, 6.07) is 9.42. The van der Waals surface area contributed by atoms with E-state index in [2.05, 4.69) is 0 Å². The fourth-order valence-corrected chi connectivity index (χ4v) is 1.68. The minimum absolute atomic E-state index is 0.0229. The highest BCUT2D eigenvalue weighted by molar-refractivity contribution is 5.96. The molecule has 3 heteroatoms. The van der Waals surface area contributed by atoms with Crippen molar-refractivity contribution in [2.45, 2.75) is 13.8 Å². The van der Waals surface area contributed by atoms with E-state index in [0.29, 0.717) is 5.76 Å². The monoisotopic (exact) mass is 244 g/mol. The number of rotatable bonds is 4. The highest BCUT2D eigenvalue weighted by Gasteiger charge is 2.15. The number of carbonyl (C=O) groups is 1. The van der Waals surface area contributed by atoms with Crippen molar-refractivity contribution < 1.29 is 13.9 Å². The van der Waals surface area contributed by atoms with Gasteiger partial charge in [0, 0.05) is 11.5 Å². The predicted octanol–water partition coefficient (Wildman–Crippen LogP) is 3.79. The van der Waals surface area contributed by atoms with Gasteiger partial charge in [-0.3, -0.25) is 4.79 Å². The van der Waals surface area contributed by atoms with Gasteiger partial charge < -0.3 is 9.15 Å². The summed E-state index contributed by atoms with van der Waals surface area (Å²) in [5.41, 5.74) is 1.91. The summed E-state index contributed by atoms with van der Waals surface area (Å²) >= 11 is 0. The maximum Gasteiger partial charge on any atom is 0.200 e. The fourth-order valence-electron chi connectivity index (χ4n) is 1.68. The molecule has 0 spiro atoms. The third kappa shape index (κ3) is 2.45. The van der Waals surface area contributed by atoms with Gasteiger partial charge in [-0.05, 0) is 23.8 Å². The minimum atomic E-state index is -0.0557. The van der Waals surface area contributed by atoms with Crippen molar-refractivity contribution in [3.63, 3.8) is 0 Å². The number of methoxy groups -OCH3 is 1. The number of hydrogen-bond acceptors (Lipinski definition) is 3. The predicted molar refractivity (Wildman–Crippen MR) is 69.9 cm³/mol. The fraction of sp³-hybridized carbons (Fsp3) is 0.267. The number of ketones is 1. The van der Waals surface area contributed by atoms with E-state index in [1.165, 1.54) is 0 Å². The first-order valence-electron chi connectivity index (χ1n) is 5.89. The van der Waals surface area contributed by atoms with E-state index >= 15 is 0 Å². The van der Waals surface area contributed by atoms with Crippen molar-refractivity contribution in [3.8, 4) is 16.9 Å². The third-order valence-corrected chi connectivity index (χ3v) is 2.79. The molecule has 1 aromatic heterocycles. The molecule has 0 radical (unpaired) electrons. The average Bonchev–Trinajstić information content (AvgIpc) is 2.87. The van der Waals surface area contributed by atoms with Gasteiger partial charge in [-0.15, -0.1) is 0 Å². The second-order valence-electron chi connectivity index (χ2n) is 4.45. The van der Waals surface area contributed by atoms with Crippen molar-refractivity contribution in [2.75, 3.05) is 7.11 Å². The minimum Gasteiger partial charge on any atom is -0.497 e. The highest BCUT2D eigenvalue weighted by Crippen LogP contribution is 2.25. The molecule has 0 saturated carbocycles. The molecule has 0 amide bonds. The van der Waals surface area contributed by atoms with Gasteiger partial charge in [0.15, 0.2) is 5.76 Å². The van der Waals surface area contributed by atoms with Gasteiger partial charge >= 0.3 is 0 Å². The Balaban J connectivity index is 2.26. The lowest BCUT2D eigenvalue weighted by atomic mass is 10.0. The van der Waals surface area contributed by atoms with Crippen molar-refractivity contribution in [3.05, 3.63) is 42.4 Å². The quantitative estimate of drug-likeness (QED) is 0.768. The van der Waals surface area contributed by atoms with Crippen LogP contribution in [-0.4, -0.2) is 12.9 Å². The second-order valence-corrected chi connectivity index (χ2v) is 4.45. The van der Waals surface area contributed by atoms with Gasteiger partial charge in [-0.25, -0.2) is 0 Å². The number of benzene rings is 1. The zero-order chi connectivity index (χ0) is 13.1. The van der Waals surface area contributed by atoms with E-state index in [9.17, 15) is 4.79 Å². The van der Waals surface area contributed by atoms with E-state index < -0.39 is 0 Å². The zero-order valence-corrected chi connectivity index (χ0v) is 10.8. The first-order chi connectivity index (χ1) is 8.61. The Bertz CT molecular complexity index is 535. The summed E-state index contributed by atoms with van der Waals surface area (Å²) in [7, 11) is 1.63. The van der Waals surface area contributed by atoms with E-state index in [4.69, 9.17) is 9.15 Å². The average molecular weight is 244 g/mol. The Kier molecular flexibility index (Phi) is 3.51. The van der Waals surface area contributed by atoms with Crippen LogP contribution in [0.5, 0.6) is 5.75 Å². The molecule has 0 atom stereocenters. The van der Waals surface area contributed by atoms with Gasteiger partial charge in [-0.2, -0.15) is 0 Å². The lowest BCUT2D eigenvalue weighted by Gasteiger charge is -2.00. The molecule has 18 heavy (non-hydrogen) atoms. The molecule has 0 fully saturated rings. The number of ether oxygens (including phenoxy) is 1. The molecule has 0 saturated heterocycles. The van der Waals surface area contributed by atoms with Crippen LogP contribution < -0.4 is 4.74 Å². The van der Waals surface area contributed by atoms with Gasteiger partial charge in [-0.1, -0.05) is 26.0 Å². The maximum atomic E-state index is 11.8. The van der Waals surface area contributed by atoms with Crippen LogP contribution in [0.15, 0.2) is 41.0 Å². The van der Waals surface area contributed by atoms with Crippen LogP contribution in [0.1, 0.15) is 24.4 Å². The van der Waals surface area contributed by atoms with Gasteiger partial charge in [0.2, 0.25) is 5.78 Å². The van der Waals surface area contributed by atoms with Crippen LogP contribution >= 0.6 is 0 Å². The zero-order valence-electron chi connectivity index (χ0n) is 10.8. The van der Waals surface area contributed by atoms with E-state index in [0.717, 1.165) is 16.9 Å². The molecular formula is C15H16O3. The van der Waals surface area contributed by atoms with Crippen LogP contribution in [0.2, 0.25) is 0 Å². The first kappa shape index (κ1) is 12.4. The number of Topliss-reactive ketones (excluding diaryl/α,β-unsaturated/α-hetero) is 1. The number of furan rings is 1. The molecule has 1 aromatic carbocycles. The molecule has 94 valence electrons. The summed E-state index contributed by atoms with van der Waals surface area (Å²) in [5, 5.41) is 0. The Morgan fingerprint density at radius 3 is 2.39 bits per heavy atom. The van der Waals surface area contributed by atoms with Gasteiger partial charge in [0.1, 0.15) is 5.75 Å². The normalized spacial score (nSPS) is 10.7. The molecule has 3 nitrogen and oxygen atoms in total. The van der Waals surface area contributed by atoms with Crippen LogP contribution in [0, 0.1) is 5.92 Å². The maximum absolute atomic E-state index is 11.8. The number of hydrogen-bond donors (Lipinski definition) is 0. The van der Waals surface area contributed by atoms with E-state index in [1.54, 1.807) is 19.4 Å². The standard InChI is InChI=1S/C15H16O3/c1-10(2)15(16)14-8-12(9-18-14)11-4-6-13(17-3)7-5-11/h4-10H,1-3H3. The lowest BCUT2D eigenvalue weighted by Crippen LogP contribution is -2.05. The Labute approximate surface area is 106 Å². The molecule has 0 unspecified atom stereocenters. The van der Waals surface area contributed by atoms with Crippen molar-refractivity contribution in [1.82, 2.24) is 0 Å². The summed E-state index contributed by atoms with van der Waals surface area (Å²) in [6.45, 7) is 3.72. The Morgan fingerprint density at radius 2 is 1.83 bits per heavy atom. The Morgan fingerprint density at radius 1 is 1.17 bits per heavy atom. The first-order valence-corrected chi connectivity index (χ1v) is 5.89. The van der Waals surface area contributed by atoms with Gasteiger partial charge in [0.05, 0.1) is 13.4 Å². The lowest BCUT2D eigenvalue weighted by molar-refractivity contribution is 0.0911. The van der Waals surface area contributed by atoms with Crippen molar-refractivity contribution in [1.29, 1.82) is 0 Å². The summed E-state index contributed by atoms with van der Waals surface area (Å²) in [5.74, 6) is 1.19. The smallest absolute Gasteiger partial charge is 0.200 e. The molecule has 2 rings (SSSR count). The summed E-state index contributed by atoms with van der Waals surface area (Å²) in [6.07, 6.45) is 1.61.